The number of hydrogen-bond acceptors (Lipinski definition) is 3. The number of rotatable bonds is 9. The Labute approximate surface area is 183 Å². The SMILES string of the molecule is CCCC[C@]1(CCCOC)NC(=O)C(c2cc(-c3ccc(Cl)cc3)ccc2C)=C1O. The van der Waals surface area contributed by atoms with Crippen LogP contribution in [0.15, 0.2) is 48.2 Å². The van der Waals surface area contributed by atoms with Crippen LogP contribution in [0.3, 0.4) is 0 Å². The highest BCUT2D eigenvalue weighted by Gasteiger charge is 2.45. The second-order valence-electron chi connectivity index (χ2n) is 8.00. The minimum Gasteiger partial charge on any atom is -0.509 e. The Kier molecular flexibility index (Phi) is 7.22. The van der Waals surface area contributed by atoms with Crippen LogP contribution in [0, 0.1) is 6.92 Å². The zero-order chi connectivity index (χ0) is 21.7. The Morgan fingerprint density at radius 3 is 2.40 bits per heavy atom. The second-order valence-corrected chi connectivity index (χ2v) is 8.43. The molecule has 1 heterocycles. The first-order valence-electron chi connectivity index (χ1n) is 10.5. The van der Waals surface area contributed by atoms with Crippen LogP contribution >= 0.6 is 11.6 Å². The van der Waals surface area contributed by atoms with Gasteiger partial charge in [0.2, 0.25) is 0 Å². The zero-order valence-corrected chi connectivity index (χ0v) is 18.7. The maximum Gasteiger partial charge on any atom is 0.256 e. The van der Waals surface area contributed by atoms with Crippen molar-refractivity contribution in [3.8, 4) is 11.1 Å². The van der Waals surface area contributed by atoms with Gasteiger partial charge in [0.05, 0.1) is 11.1 Å². The summed E-state index contributed by atoms with van der Waals surface area (Å²) in [5, 5.41) is 15.1. The molecule has 0 saturated heterocycles. The highest BCUT2D eigenvalue weighted by molar-refractivity contribution is 6.30. The Hall–Kier alpha value is -2.30. The molecule has 4 nitrogen and oxygen atoms in total. The van der Waals surface area contributed by atoms with E-state index in [2.05, 4.69) is 12.2 Å². The summed E-state index contributed by atoms with van der Waals surface area (Å²) in [6.07, 6.45) is 4.05. The molecule has 1 atom stereocenters. The molecule has 5 heteroatoms. The van der Waals surface area contributed by atoms with Crippen LogP contribution < -0.4 is 5.32 Å². The summed E-state index contributed by atoms with van der Waals surface area (Å²) in [5.41, 5.74) is 3.37. The van der Waals surface area contributed by atoms with E-state index in [4.69, 9.17) is 16.3 Å². The van der Waals surface area contributed by atoms with Crippen LogP contribution in [-0.2, 0) is 9.53 Å². The lowest BCUT2D eigenvalue weighted by atomic mass is 9.85. The van der Waals surface area contributed by atoms with Crippen molar-refractivity contribution in [2.24, 2.45) is 0 Å². The summed E-state index contributed by atoms with van der Waals surface area (Å²) < 4.78 is 5.20. The molecule has 0 saturated carbocycles. The first-order chi connectivity index (χ1) is 14.4. The maximum atomic E-state index is 13.1. The molecule has 2 N–H and O–H groups in total. The van der Waals surface area contributed by atoms with Gasteiger partial charge in [-0.15, -0.1) is 0 Å². The van der Waals surface area contributed by atoms with E-state index >= 15 is 0 Å². The first-order valence-corrected chi connectivity index (χ1v) is 10.9. The van der Waals surface area contributed by atoms with Crippen molar-refractivity contribution in [2.45, 2.75) is 51.5 Å². The Morgan fingerprint density at radius 1 is 1.07 bits per heavy atom. The van der Waals surface area contributed by atoms with Gasteiger partial charge >= 0.3 is 0 Å². The topological polar surface area (TPSA) is 58.6 Å². The third-order valence-corrected chi connectivity index (χ3v) is 6.12. The average molecular weight is 428 g/mol. The lowest BCUT2D eigenvalue weighted by molar-refractivity contribution is -0.116. The summed E-state index contributed by atoms with van der Waals surface area (Å²) in [5.74, 6) is -0.0502. The fourth-order valence-electron chi connectivity index (χ4n) is 4.13. The second kappa shape index (κ2) is 9.67. The first kappa shape index (κ1) is 22.4. The summed E-state index contributed by atoms with van der Waals surface area (Å²) in [6.45, 7) is 4.67. The Balaban J connectivity index is 2.04. The van der Waals surface area contributed by atoms with E-state index in [-0.39, 0.29) is 11.7 Å². The van der Waals surface area contributed by atoms with E-state index in [1.807, 2.05) is 49.4 Å². The van der Waals surface area contributed by atoms with Gasteiger partial charge in [-0.25, -0.2) is 0 Å². The van der Waals surface area contributed by atoms with Gasteiger partial charge in [-0.1, -0.05) is 55.6 Å². The molecule has 2 aromatic rings. The molecule has 0 unspecified atom stereocenters. The van der Waals surface area contributed by atoms with Gasteiger partial charge in [0.15, 0.2) is 0 Å². The number of methoxy groups -OCH3 is 1. The highest BCUT2D eigenvalue weighted by atomic mass is 35.5. The maximum absolute atomic E-state index is 13.1. The molecule has 0 spiro atoms. The van der Waals surface area contributed by atoms with Crippen LogP contribution in [0.2, 0.25) is 5.02 Å². The van der Waals surface area contributed by atoms with Crippen molar-refractivity contribution in [1.29, 1.82) is 0 Å². The number of unbranched alkanes of at least 4 members (excludes halogenated alkanes) is 1. The number of halogens is 1. The quantitative estimate of drug-likeness (QED) is 0.477. The molecule has 2 aromatic carbocycles. The van der Waals surface area contributed by atoms with Gasteiger partial charge in [0.25, 0.3) is 5.91 Å². The van der Waals surface area contributed by atoms with E-state index in [0.29, 0.717) is 30.0 Å². The van der Waals surface area contributed by atoms with E-state index in [0.717, 1.165) is 41.5 Å². The predicted octanol–water partition coefficient (Wildman–Crippen LogP) is 6.07. The molecule has 0 bridgehead atoms. The fourth-order valence-corrected chi connectivity index (χ4v) is 4.26. The third-order valence-electron chi connectivity index (χ3n) is 5.86. The van der Waals surface area contributed by atoms with Crippen LogP contribution in [0.4, 0.5) is 0 Å². The summed E-state index contributed by atoms with van der Waals surface area (Å²) in [7, 11) is 1.67. The lowest BCUT2D eigenvalue weighted by Crippen LogP contribution is -2.44. The number of aliphatic hydroxyl groups excluding tert-OH is 1. The van der Waals surface area contributed by atoms with Crippen LogP contribution in [-0.4, -0.2) is 30.3 Å². The smallest absolute Gasteiger partial charge is 0.256 e. The van der Waals surface area contributed by atoms with Gasteiger partial charge in [-0.3, -0.25) is 4.79 Å². The zero-order valence-electron chi connectivity index (χ0n) is 17.9. The Morgan fingerprint density at radius 2 is 1.73 bits per heavy atom. The molecule has 0 aromatic heterocycles. The minimum atomic E-state index is -0.719. The van der Waals surface area contributed by atoms with Gasteiger partial charge in [-0.2, -0.15) is 0 Å². The number of amides is 1. The number of aliphatic hydroxyl groups is 1. The molecule has 3 rings (SSSR count). The van der Waals surface area contributed by atoms with E-state index < -0.39 is 5.54 Å². The van der Waals surface area contributed by atoms with Gasteiger partial charge in [0, 0.05) is 18.7 Å². The van der Waals surface area contributed by atoms with Crippen molar-refractivity contribution in [2.75, 3.05) is 13.7 Å². The average Bonchev–Trinajstić information content (AvgIpc) is 2.98. The van der Waals surface area contributed by atoms with Gasteiger partial charge < -0.3 is 15.2 Å². The number of benzene rings is 2. The number of ether oxygens (including phenoxy) is 1. The van der Waals surface area contributed by atoms with Crippen molar-refractivity contribution in [3.05, 3.63) is 64.4 Å². The standard InChI is InChI=1S/C25H30ClNO3/c1-4-5-13-25(14-6-15-30-3)23(28)22(24(29)27-25)21-16-19(8-7-17(21)2)18-9-11-20(26)12-10-18/h7-12,16,28H,4-6,13-15H2,1-3H3,(H,27,29)/t25-/m1/s1. The lowest BCUT2D eigenvalue weighted by Gasteiger charge is -2.29. The normalized spacial score (nSPS) is 18.7. The van der Waals surface area contributed by atoms with E-state index in [1.54, 1.807) is 7.11 Å². The van der Waals surface area contributed by atoms with Crippen molar-refractivity contribution in [3.63, 3.8) is 0 Å². The highest BCUT2D eigenvalue weighted by Crippen LogP contribution is 2.40. The van der Waals surface area contributed by atoms with Crippen molar-refractivity contribution >= 4 is 23.1 Å². The Bertz CT molecular complexity index is 936. The molecular weight excluding hydrogens is 398 g/mol. The number of carbonyl (C=O) groups is 1. The molecule has 1 aliphatic heterocycles. The number of carbonyl (C=O) groups excluding carboxylic acids is 1. The van der Waals surface area contributed by atoms with Crippen LogP contribution in [0.1, 0.15) is 50.2 Å². The van der Waals surface area contributed by atoms with Crippen molar-refractivity contribution in [1.82, 2.24) is 5.32 Å². The molecule has 30 heavy (non-hydrogen) atoms. The molecule has 0 radical (unpaired) electrons. The molecule has 0 fully saturated rings. The van der Waals surface area contributed by atoms with Crippen molar-refractivity contribution < 1.29 is 14.6 Å². The monoisotopic (exact) mass is 427 g/mol. The third kappa shape index (κ3) is 4.55. The van der Waals surface area contributed by atoms with Crippen LogP contribution in [0.5, 0.6) is 0 Å². The van der Waals surface area contributed by atoms with Gasteiger partial charge in [0.1, 0.15) is 5.76 Å². The molecule has 1 amide bonds. The summed E-state index contributed by atoms with van der Waals surface area (Å²) in [4.78, 5) is 13.1. The predicted molar refractivity (Wildman–Crippen MR) is 123 cm³/mol. The number of nitrogens with one attached hydrogen (secondary N) is 1. The minimum absolute atomic E-state index is 0.161. The number of hydrogen-bond donors (Lipinski definition) is 2. The largest absolute Gasteiger partial charge is 0.509 e. The summed E-state index contributed by atoms with van der Waals surface area (Å²) in [6, 6.07) is 13.6. The molecule has 1 aliphatic rings. The molecule has 160 valence electrons. The fraction of sp³-hybridized carbons (Fsp3) is 0.400. The molecule has 0 aliphatic carbocycles. The van der Waals surface area contributed by atoms with E-state index in [9.17, 15) is 9.90 Å². The van der Waals surface area contributed by atoms with Crippen LogP contribution in [0.25, 0.3) is 16.7 Å². The molecular formula is C25H30ClNO3. The van der Waals surface area contributed by atoms with Gasteiger partial charge in [-0.05, 0) is 66.6 Å². The van der Waals surface area contributed by atoms with E-state index in [1.165, 1.54) is 0 Å². The summed E-state index contributed by atoms with van der Waals surface area (Å²) >= 11 is 6.02. The number of aryl methyl sites for hydroxylation is 1.